The van der Waals surface area contributed by atoms with E-state index in [0.29, 0.717) is 5.82 Å². The number of hydrogen-bond donors (Lipinski definition) is 1. The third-order valence-electron chi connectivity index (χ3n) is 4.60. The Balaban J connectivity index is 2.10. The Labute approximate surface area is 138 Å². The quantitative estimate of drug-likeness (QED) is 0.787. The largest absolute Gasteiger partial charge is 0.324 e. The molecule has 0 spiro atoms. The first-order chi connectivity index (χ1) is 11.2. The first-order valence-electron chi connectivity index (χ1n) is 8.03. The van der Waals surface area contributed by atoms with Gasteiger partial charge in [0.2, 0.25) is 0 Å². The van der Waals surface area contributed by atoms with Crippen LogP contribution in [0.4, 0.5) is 0 Å². The van der Waals surface area contributed by atoms with Gasteiger partial charge in [0.05, 0.1) is 17.6 Å². The summed E-state index contributed by atoms with van der Waals surface area (Å²) in [4.78, 5) is 20.2. The van der Waals surface area contributed by atoms with E-state index in [4.69, 9.17) is 10.7 Å². The fourth-order valence-corrected chi connectivity index (χ4v) is 4.72. The van der Waals surface area contributed by atoms with E-state index in [1.54, 1.807) is 15.9 Å². The monoisotopic (exact) mass is 325 g/mol. The second-order valence-corrected chi connectivity index (χ2v) is 7.13. The lowest BCUT2D eigenvalue weighted by molar-refractivity contribution is 0.699. The van der Waals surface area contributed by atoms with Crippen molar-refractivity contribution in [2.24, 2.45) is 5.73 Å². The van der Waals surface area contributed by atoms with Crippen LogP contribution in [-0.2, 0) is 19.4 Å². The van der Waals surface area contributed by atoms with Crippen molar-refractivity contribution in [2.45, 2.75) is 39.2 Å². The van der Waals surface area contributed by atoms with Gasteiger partial charge in [-0.2, -0.15) is 0 Å². The molecule has 0 bridgehead atoms. The molecule has 2 N–H and O–H groups in total. The maximum atomic E-state index is 13.3. The lowest BCUT2D eigenvalue weighted by atomic mass is 9.97. The van der Waals surface area contributed by atoms with Crippen LogP contribution in [0.1, 0.15) is 34.7 Å². The van der Waals surface area contributed by atoms with Crippen LogP contribution in [-0.4, -0.2) is 9.55 Å². The molecular formula is C18H19N3OS. The number of aryl methyl sites for hydroxylation is 3. The zero-order valence-corrected chi connectivity index (χ0v) is 13.9. The van der Waals surface area contributed by atoms with Crippen molar-refractivity contribution in [3.05, 3.63) is 56.4 Å². The van der Waals surface area contributed by atoms with Crippen LogP contribution in [0.3, 0.4) is 0 Å². The molecule has 4 nitrogen and oxygen atoms in total. The molecule has 1 aromatic carbocycles. The smallest absolute Gasteiger partial charge is 0.267 e. The summed E-state index contributed by atoms with van der Waals surface area (Å²) in [6.45, 7) is 2.26. The first kappa shape index (κ1) is 14.6. The van der Waals surface area contributed by atoms with Gasteiger partial charge in [-0.1, -0.05) is 18.2 Å². The second kappa shape index (κ2) is 5.58. The normalized spacial score (nSPS) is 14.2. The molecule has 1 aliphatic rings. The molecule has 0 fully saturated rings. The molecular weight excluding hydrogens is 306 g/mol. The molecule has 0 saturated carbocycles. The van der Waals surface area contributed by atoms with Crippen molar-refractivity contribution >= 4 is 21.6 Å². The number of nitrogens with two attached hydrogens (primary N) is 1. The average molecular weight is 325 g/mol. The number of thiophene rings is 1. The summed E-state index contributed by atoms with van der Waals surface area (Å²) in [6.07, 6.45) is 4.41. The fourth-order valence-electron chi connectivity index (χ4n) is 3.45. The summed E-state index contributed by atoms with van der Waals surface area (Å²) in [5.74, 6) is 0.635. The highest BCUT2D eigenvalue weighted by Gasteiger charge is 2.22. The standard InChI is InChI=1S/C18H19N3OS/c1-11-6-2-4-8-13(11)21-15(10-19)20-17-16(18(21)22)12-7-3-5-9-14(12)23-17/h2,4,6,8H,3,5,7,9-10,19H2,1H3. The van der Waals surface area contributed by atoms with E-state index >= 15 is 0 Å². The highest BCUT2D eigenvalue weighted by atomic mass is 32.1. The van der Waals surface area contributed by atoms with Crippen molar-refractivity contribution in [1.29, 1.82) is 0 Å². The number of fused-ring (bicyclic) bond motifs is 3. The molecule has 2 aromatic heterocycles. The average Bonchev–Trinajstić information content (AvgIpc) is 2.94. The van der Waals surface area contributed by atoms with Gasteiger partial charge in [-0.25, -0.2) is 4.98 Å². The van der Waals surface area contributed by atoms with E-state index in [2.05, 4.69) is 0 Å². The SMILES string of the molecule is Cc1ccccc1-n1c(CN)nc2sc3c(c2c1=O)CCCC3. The highest BCUT2D eigenvalue weighted by molar-refractivity contribution is 7.18. The van der Waals surface area contributed by atoms with Crippen LogP contribution in [0.2, 0.25) is 0 Å². The van der Waals surface area contributed by atoms with Crippen LogP contribution in [0.25, 0.3) is 15.9 Å². The van der Waals surface area contributed by atoms with E-state index in [-0.39, 0.29) is 12.1 Å². The predicted octanol–water partition coefficient (Wildman–Crippen LogP) is 3.09. The number of hydrogen-bond acceptors (Lipinski definition) is 4. The molecule has 0 unspecified atom stereocenters. The highest BCUT2D eigenvalue weighted by Crippen LogP contribution is 2.34. The molecule has 4 rings (SSSR count). The molecule has 2 heterocycles. The molecule has 5 heteroatoms. The van der Waals surface area contributed by atoms with Gasteiger partial charge in [-0.05, 0) is 49.8 Å². The van der Waals surface area contributed by atoms with E-state index in [1.165, 1.54) is 16.9 Å². The first-order valence-corrected chi connectivity index (χ1v) is 8.84. The summed E-state index contributed by atoms with van der Waals surface area (Å²) in [7, 11) is 0. The van der Waals surface area contributed by atoms with Crippen molar-refractivity contribution in [3.63, 3.8) is 0 Å². The van der Waals surface area contributed by atoms with Crippen LogP contribution in [0, 0.1) is 6.92 Å². The number of benzene rings is 1. The van der Waals surface area contributed by atoms with Crippen molar-refractivity contribution < 1.29 is 0 Å². The number of rotatable bonds is 2. The molecule has 0 aliphatic heterocycles. The summed E-state index contributed by atoms with van der Waals surface area (Å²) in [6, 6.07) is 7.89. The van der Waals surface area contributed by atoms with E-state index < -0.39 is 0 Å². The Morgan fingerprint density at radius 1 is 1.26 bits per heavy atom. The minimum absolute atomic E-state index is 0.0316. The van der Waals surface area contributed by atoms with Gasteiger partial charge in [-0.15, -0.1) is 11.3 Å². The molecule has 118 valence electrons. The lowest BCUT2D eigenvalue weighted by Gasteiger charge is -2.14. The molecule has 0 atom stereocenters. The van der Waals surface area contributed by atoms with E-state index in [9.17, 15) is 4.79 Å². The summed E-state index contributed by atoms with van der Waals surface area (Å²) >= 11 is 1.67. The molecule has 1 aliphatic carbocycles. The zero-order chi connectivity index (χ0) is 16.0. The van der Waals surface area contributed by atoms with Gasteiger partial charge < -0.3 is 5.73 Å². The second-order valence-electron chi connectivity index (χ2n) is 6.05. The zero-order valence-electron chi connectivity index (χ0n) is 13.1. The van der Waals surface area contributed by atoms with Crippen LogP contribution in [0.15, 0.2) is 29.1 Å². The number of aromatic nitrogens is 2. The van der Waals surface area contributed by atoms with Gasteiger partial charge in [0.15, 0.2) is 0 Å². The molecule has 0 radical (unpaired) electrons. The fraction of sp³-hybridized carbons (Fsp3) is 0.333. The predicted molar refractivity (Wildman–Crippen MR) is 94.5 cm³/mol. The Bertz CT molecular complexity index is 955. The Morgan fingerprint density at radius 3 is 2.83 bits per heavy atom. The Hall–Kier alpha value is -1.98. The van der Waals surface area contributed by atoms with E-state index in [0.717, 1.165) is 40.7 Å². The minimum Gasteiger partial charge on any atom is -0.324 e. The third kappa shape index (κ3) is 2.23. The summed E-state index contributed by atoms with van der Waals surface area (Å²) < 4.78 is 1.71. The molecule has 0 saturated heterocycles. The number of para-hydroxylation sites is 1. The molecule has 0 amide bonds. The van der Waals surface area contributed by atoms with Gasteiger partial charge >= 0.3 is 0 Å². The van der Waals surface area contributed by atoms with Gasteiger partial charge in [-0.3, -0.25) is 9.36 Å². The topological polar surface area (TPSA) is 60.9 Å². The van der Waals surface area contributed by atoms with Crippen molar-refractivity contribution in [2.75, 3.05) is 0 Å². The Kier molecular flexibility index (Phi) is 3.54. The lowest BCUT2D eigenvalue weighted by Crippen LogP contribution is -2.26. The maximum Gasteiger partial charge on any atom is 0.267 e. The van der Waals surface area contributed by atoms with E-state index in [1.807, 2.05) is 31.2 Å². The van der Waals surface area contributed by atoms with Gasteiger partial charge in [0.1, 0.15) is 10.7 Å². The minimum atomic E-state index is 0.0316. The number of nitrogens with zero attached hydrogens (tertiary/aromatic N) is 2. The maximum absolute atomic E-state index is 13.3. The molecule has 23 heavy (non-hydrogen) atoms. The van der Waals surface area contributed by atoms with Crippen LogP contribution >= 0.6 is 11.3 Å². The van der Waals surface area contributed by atoms with Gasteiger partial charge in [0.25, 0.3) is 5.56 Å². The van der Waals surface area contributed by atoms with Crippen molar-refractivity contribution in [3.8, 4) is 5.69 Å². The van der Waals surface area contributed by atoms with Crippen LogP contribution < -0.4 is 11.3 Å². The third-order valence-corrected chi connectivity index (χ3v) is 5.78. The Morgan fingerprint density at radius 2 is 2.04 bits per heavy atom. The van der Waals surface area contributed by atoms with Crippen LogP contribution in [0.5, 0.6) is 0 Å². The van der Waals surface area contributed by atoms with Gasteiger partial charge in [0, 0.05) is 4.88 Å². The summed E-state index contributed by atoms with van der Waals surface area (Å²) in [5, 5.41) is 0.810. The molecule has 3 aromatic rings. The van der Waals surface area contributed by atoms with Crippen molar-refractivity contribution in [1.82, 2.24) is 9.55 Å². The summed E-state index contributed by atoms with van der Waals surface area (Å²) in [5.41, 5.74) is 9.08.